The van der Waals surface area contributed by atoms with Gasteiger partial charge in [0.15, 0.2) is 0 Å². The summed E-state index contributed by atoms with van der Waals surface area (Å²) in [6.07, 6.45) is 2.75. The summed E-state index contributed by atoms with van der Waals surface area (Å²) in [5.74, 6) is -1.30. The maximum absolute atomic E-state index is 11.8. The lowest BCUT2D eigenvalue weighted by Crippen LogP contribution is -2.19. The summed E-state index contributed by atoms with van der Waals surface area (Å²) in [7, 11) is 0. The second-order valence-corrected chi connectivity index (χ2v) is 24.9. The highest BCUT2D eigenvalue weighted by Crippen LogP contribution is 2.36. The molecule has 16 N–H and O–H groups in total. The highest BCUT2D eigenvalue weighted by Gasteiger charge is 2.16. The van der Waals surface area contributed by atoms with Crippen LogP contribution >= 0.6 is 0 Å². The Bertz CT molecular complexity index is 5070. The van der Waals surface area contributed by atoms with E-state index in [0.29, 0.717) is 49.9 Å². The largest absolute Gasteiger partial charge is 0.447 e. The Hall–Kier alpha value is -13.9. The standard InChI is InChI=1S/C24H24N2O4.C22H21N3O2.C22H19N3O.C21H20N2O/c25-23(28)12-10-20-15-18(17-5-2-1-3-6-17)9-11-22(20)19-7-4-8-21(16-19)26-24(29)30-14-13-27;23-21(26)12-10-18-13-16(15-5-2-1-3-6-15)9-11-20(18)17-7-4-8-19(14-17)25-22(24)27;1-24-25-20-9-5-8-18(15-20)21-12-10-17(16-6-3-2-4-7-16)14-19(21)11-13-22(23)26;22-19-8-4-7-17(14-19)20-11-9-16(15-5-2-1-3-6-15)13-18(20)10-12-21(23)24/h1-9,11,15-16,27H,10,12-14H2,(H2,25,28)(H,26,29);1-9,11,13-14H,10,12H2,(H2,23,26)(H3,24,25,27);2-10,12,14-15,25H,11,13H2,(H2,23,26);1-9,11,13-14H,10,12,22H2,(H2,23,24). The lowest BCUT2D eigenvalue weighted by molar-refractivity contribution is -0.118. The maximum Gasteiger partial charge on any atom is 0.411 e. The van der Waals surface area contributed by atoms with Gasteiger partial charge in [0.1, 0.15) is 12.3 Å². The van der Waals surface area contributed by atoms with Crippen molar-refractivity contribution in [1.29, 1.82) is 0 Å². The van der Waals surface area contributed by atoms with E-state index in [4.69, 9.17) is 50.8 Å². The average molecular weight is 1420 g/mol. The van der Waals surface area contributed by atoms with Gasteiger partial charge in [0.05, 0.1) is 6.61 Å². The van der Waals surface area contributed by atoms with Crippen molar-refractivity contribution in [2.45, 2.75) is 51.4 Å². The van der Waals surface area contributed by atoms with E-state index in [1.165, 1.54) is 0 Å². The molecule has 0 aliphatic carbocycles. The number of primary amides is 5. The summed E-state index contributed by atoms with van der Waals surface area (Å²) in [6.45, 7) is 6.66. The summed E-state index contributed by atoms with van der Waals surface area (Å²) in [5, 5.41) is 14.0. The third-order valence-corrected chi connectivity index (χ3v) is 17.2. The van der Waals surface area contributed by atoms with Gasteiger partial charge in [-0.25, -0.2) is 9.59 Å². The lowest BCUT2D eigenvalue weighted by atomic mass is 9.92. The van der Waals surface area contributed by atoms with E-state index < -0.39 is 12.1 Å². The molecule has 0 bridgehead atoms. The molecule has 12 aromatic carbocycles. The van der Waals surface area contributed by atoms with Crippen molar-refractivity contribution in [1.82, 2.24) is 0 Å². The number of rotatable bonds is 25. The molecule has 0 aromatic heterocycles. The summed E-state index contributed by atoms with van der Waals surface area (Å²) in [6, 6.07) is 94.9. The van der Waals surface area contributed by atoms with Crippen LogP contribution in [0.5, 0.6) is 0 Å². The van der Waals surface area contributed by atoms with E-state index in [-0.39, 0.29) is 49.7 Å². The molecular formula is C89H84N10O8. The fraction of sp³-hybridized carbons (Fsp3) is 0.112. The molecule has 0 saturated carbocycles. The molecule has 0 aliphatic heterocycles. The van der Waals surface area contributed by atoms with Crippen LogP contribution in [-0.2, 0) is 49.6 Å². The van der Waals surface area contributed by atoms with Gasteiger partial charge in [0.25, 0.3) is 0 Å². The van der Waals surface area contributed by atoms with E-state index >= 15 is 0 Å². The quantitative estimate of drug-likeness (QED) is 0.0146. The Morgan fingerprint density at radius 1 is 0.327 bits per heavy atom. The molecule has 7 amide bonds. The topological polar surface area (TPSA) is 328 Å². The van der Waals surface area contributed by atoms with Gasteiger partial charge in [-0.1, -0.05) is 248 Å². The highest BCUT2D eigenvalue weighted by molar-refractivity contribution is 5.90. The third-order valence-electron chi connectivity index (χ3n) is 17.2. The molecule has 18 heteroatoms. The van der Waals surface area contributed by atoms with Crippen molar-refractivity contribution < 1.29 is 38.6 Å². The first-order valence-corrected chi connectivity index (χ1v) is 34.7. The predicted molar refractivity (Wildman–Crippen MR) is 429 cm³/mol. The fourth-order valence-corrected chi connectivity index (χ4v) is 12.1. The summed E-state index contributed by atoms with van der Waals surface area (Å²) < 4.78 is 4.84. The molecule has 18 nitrogen and oxygen atoms in total. The number of ether oxygens (including phenoxy) is 1. The van der Waals surface area contributed by atoms with Gasteiger partial charge in [-0.2, -0.15) is 11.5 Å². The third kappa shape index (κ3) is 23.8. The molecular weight excluding hydrogens is 1340 g/mol. The number of carbonyl (C=O) groups is 6. The van der Waals surface area contributed by atoms with E-state index in [1.54, 1.807) is 12.1 Å². The molecule has 0 aliphatic rings. The summed E-state index contributed by atoms with van der Waals surface area (Å²) in [4.78, 5) is 71.3. The number of amides is 7. The molecule has 0 atom stereocenters. The first-order valence-electron chi connectivity index (χ1n) is 34.7. The number of hydrogen-bond acceptors (Lipinski definition) is 10. The van der Waals surface area contributed by atoms with Gasteiger partial charge in [-0.05, 0) is 185 Å². The molecule has 0 heterocycles. The van der Waals surface area contributed by atoms with Crippen molar-refractivity contribution in [2.75, 3.05) is 35.0 Å². The lowest BCUT2D eigenvalue weighted by Gasteiger charge is -2.14. The van der Waals surface area contributed by atoms with Gasteiger partial charge in [-0.3, -0.25) is 24.5 Å². The molecule has 0 saturated heterocycles. The number of aliphatic hydroxyl groups excluding tert-OH is 1. The smallest absolute Gasteiger partial charge is 0.411 e. The first-order chi connectivity index (χ1) is 51.9. The van der Waals surface area contributed by atoms with Gasteiger partial charge >= 0.3 is 12.1 Å². The zero-order valence-corrected chi connectivity index (χ0v) is 59.0. The number of aliphatic hydroxyl groups is 1. The second kappa shape index (κ2) is 39.5. The van der Waals surface area contributed by atoms with Crippen molar-refractivity contribution in [3.8, 4) is 89.0 Å². The second-order valence-electron chi connectivity index (χ2n) is 24.9. The van der Waals surface area contributed by atoms with Gasteiger partial charge in [-0.15, -0.1) is 0 Å². The van der Waals surface area contributed by atoms with E-state index in [0.717, 1.165) is 123 Å². The zero-order valence-electron chi connectivity index (χ0n) is 59.0. The van der Waals surface area contributed by atoms with Crippen molar-refractivity contribution in [3.63, 3.8) is 0 Å². The van der Waals surface area contributed by atoms with Gasteiger partial charge in [0, 0.05) is 42.7 Å². The monoisotopic (exact) mass is 1420 g/mol. The molecule has 0 spiro atoms. The maximum atomic E-state index is 11.8. The first kappa shape index (κ1) is 77.3. The Morgan fingerprint density at radius 3 is 0.916 bits per heavy atom. The Morgan fingerprint density at radius 2 is 0.617 bits per heavy atom. The minimum atomic E-state index is -0.630. The van der Waals surface area contributed by atoms with Crippen LogP contribution < -0.4 is 50.5 Å². The number of urea groups is 1. The van der Waals surface area contributed by atoms with Crippen LogP contribution in [0.25, 0.3) is 94.0 Å². The zero-order chi connectivity index (χ0) is 75.9. The van der Waals surface area contributed by atoms with Gasteiger partial charge in [0.2, 0.25) is 23.6 Å². The number of carbonyl (C=O) groups excluding carboxylic acids is 6. The number of nitrogen functional groups attached to an aromatic ring is 1. The number of hydrogen-bond donors (Lipinski definition) is 10. The predicted octanol–water partition coefficient (Wildman–Crippen LogP) is 16.6. The number of anilines is 4. The van der Waals surface area contributed by atoms with Crippen LogP contribution in [-0.4, -0.2) is 54.1 Å². The molecule has 0 fully saturated rings. The van der Waals surface area contributed by atoms with Gasteiger partial charge < -0.3 is 49.6 Å². The molecule has 107 heavy (non-hydrogen) atoms. The number of nitrogens with two attached hydrogens (primary N) is 6. The van der Waals surface area contributed by atoms with Crippen molar-refractivity contribution in [2.24, 2.45) is 28.7 Å². The minimum absolute atomic E-state index is 0.0657. The minimum Gasteiger partial charge on any atom is -0.447 e. The van der Waals surface area contributed by atoms with E-state index in [1.807, 2.05) is 206 Å². The normalized spacial score (nSPS) is 10.4. The average Bonchev–Trinajstić information content (AvgIpc) is 0.831. The van der Waals surface area contributed by atoms with Crippen LogP contribution in [0.2, 0.25) is 0 Å². The molecule has 12 aromatic rings. The molecule has 0 radical (unpaired) electrons. The Balaban J connectivity index is 0.000000165. The van der Waals surface area contributed by atoms with E-state index in [9.17, 15) is 28.8 Å². The molecule has 538 valence electrons. The van der Waals surface area contributed by atoms with Crippen LogP contribution in [0.4, 0.5) is 32.3 Å². The van der Waals surface area contributed by atoms with Crippen LogP contribution in [0.15, 0.2) is 291 Å². The van der Waals surface area contributed by atoms with Crippen molar-refractivity contribution in [3.05, 3.63) is 325 Å². The van der Waals surface area contributed by atoms with E-state index in [2.05, 4.69) is 93.8 Å². The Kier molecular flexibility index (Phi) is 28.5. The number of aryl methyl sites for hydroxylation is 4. The van der Waals surface area contributed by atoms with Crippen LogP contribution in [0.1, 0.15) is 47.9 Å². The number of benzene rings is 12. The van der Waals surface area contributed by atoms with Crippen LogP contribution in [0.3, 0.4) is 0 Å². The SMILES string of the molecule is NC(=O)CCc1cc(-c2ccccc2)ccc1-c1cccc(N)c1.NC(=O)CCc1cc(-c2ccccc2)ccc1-c1cccc(NC(=O)OCCO)c1.NC(=O)CCc1cc(-c2ccccc2)ccc1-c1cccc(NC(N)=O)c1.[C-]#[N+]Nc1cccc(-c2ccc(-c3ccccc3)cc2CCC(N)=O)c1. The fourth-order valence-electron chi connectivity index (χ4n) is 12.1. The van der Waals surface area contributed by atoms with Crippen LogP contribution in [0, 0.1) is 6.57 Å². The number of nitrogens with zero attached hydrogens (tertiary/aromatic N) is 1. The molecule has 12 rings (SSSR count). The number of nitrogens with one attached hydrogen (secondary N) is 3. The van der Waals surface area contributed by atoms with Crippen molar-refractivity contribution >= 4 is 58.5 Å². The summed E-state index contributed by atoms with van der Waals surface area (Å²) in [5.41, 5.74) is 58.8. The highest BCUT2D eigenvalue weighted by atomic mass is 16.6. The molecule has 0 unspecified atom stereocenters. The summed E-state index contributed by atoms with van der Waals surface area (Å²) >= 11 is 0. The Labute approximate surface area is 622 Å².